The fourth-order valence-corrected chi connectivity index (χ4v) is 2.28. The van der Waals surface area contributed by atoms with Gasteiger partial charge in [0.2, 0.25) is 0 Å². The van der Waals surface area contributed by atoms with Gasteiger partial charge in [-0.15, -0.1) is 0 Å². The number of aryl methyl sites for hydroxylation is 1. The van der Waals surface area contributed by atoms with Crippen LogP contribution < -0.4 is 11.3 Å². The normalized spacial score (nSPS) is 16.9. The fourth-order valence-electron chi connectivity index (χ4n) is 2.28. The van der Waals surface area contributed by atoms with E-state index in [4.69, 9.17) is 5.73 Å². The minimum Gasteiger partial charge on any atom is -0.338 e. The van der Waals surface area contributed by atoms with Crippen molar-refractivity contribution in [3.63, 3.8) is 0 Å². The van der Waals surface area contributed by atoms with Crippen molar-refractivity contribution < 1.29 is 4.79 Å². The highest BCUT2D eigenvalue weighted by atomic mass is 16.2. The maximum absolute atomic E-state index is 12.2. The Morgan fingerprint density at radius 2 is 2.11 bits per heavy atom. The number of hydrogen-bond donors (Lipinski definition) is 2. The highest BCUT2D eigenvalue weighted by molar-refractivity contribution is 5.93. The topological polar surface area (TPSA) is 79.2 Å². The molecule has 18 heavy (non-hydrogen) atoms. The monoisotopic (exact) mass is 249 g/mol. The Morgan fingerprint density at radius 3 is 2.67 bits per heavy atom. The summed E-state index contributed by atoms with van der Waals surface area (Å²) in [5.41, 5.74) is 6.30. The number of rotatable bonds is 2. The van der Waals surface area contributed by atoms with Gasteiger partial charge in [-0.05, 0) is 44.4 Å². The molecule has 1 fully saturated rings. The Kier molecular flexibility index (Phi) is 3.81. The molecule has 5 heteroatoms. The van der Waals surface area contributed by atoms with Crippen LogP contribution in [0, 0.1) is 12.8 Å². The quantitative estimate of drug-likeness (QED) is 0.800. The van der Waals surface area contributed by atoms with Gasteiger partial charge >= 0.3 is 0 Å². The van der Waals surface area contributed by atoms with Crippen LogP contribution in [0.5, 0.6) is 0 Å². The summed E-state index contributed by atoms with van der Waals surface area (Å²) in [5, 5.41) is 0. The van der Waals surface area contributed by atoms with Gasteiger partial charge < -0.3 is 15.6 Å². The lowest BCUT2D eigenvalue weighted by molar-refractivity contribution is 0.0691. The van der Waals surface area contributed by atoms with Crippen LogP contribution >= 0.6 is 0 Å². The van der Waals surface area contributed by atoms with Crippen molar-refractivity contribution in [3.05, 3.63) is 33.7 Å². The molecular formula is C13H19N3O2. The second kappa shape index (κ2) is 5.35. The van der Waals surface area contributed by atoms with E-state index in [-0.39, 0.29) is 17.0 Å². The molecule has 0 saturated carbocycles. The van der Waals surface area contributed by atoms with Crippen LogP contribution in [0.1, 0.15) is 28.9 Å². The van der Waals surface area contributed by atoms with Crippen LogP contribution in [-0.2, 0) is 0 Å². The number of H-pyrrole nitrogens is 1. The van der Waals surface area contributed by atoms with E-state index in [1.807, 2.05) is 0 Å². The number of amides is 1. The van der Waals surface area contributed by atoms with Gasteiger partial charge in [-0.2, -0.15) is 0 Å². The number of carbonyl (C=O) groups is 1. The van der Waals surface area contributed by atoms with E-state index in [2.05, 4.69) is 4.98 Å². The Bertz CT molecular complexity index is 487. The molecule has 0 unspecified atom stereocenters. The van der Waals surface area contributed by atoms with Gasteiger partial charge in [-0.25, -0.2) is 0 Å². The van der Waals surface area contributed by atoms with Gasteiger partial charge in [0.25, 0.3) is 11.5 Å². The van der Waals surface area contributed by atoms with Crippen LogP contribution in [0.2, 0.25) is 0 Å². The van der Waals surface area contributed by atoms with E-state index in [9.17, 15) is 9.59 Å². The number of nitrogens with zero attached hydrogens (tertiary/aromatic N) is 1. The first-order chi connectivity index (χ1) is 8.61. The van der Waals surface area contributed by atoms with E-state index >= 15 is 0 Å². The highest BCUT2D eigenvalue weighted by Gasteiger charge is 2.24. The summed E-state index contributed by atoms with van der Waals surface area (Å²) in [6.07, 6.45) is 1.85. The first kappa shape index (κ1) is 12.8. The smallest absolute Gasteiger partial charge is 0.260 e. The van der Waals surface area contributed by atoms with Gasteiger partial charge in [-0.3, -0.25) is 9.59 Å². The van der Waals surface area contributed by atoms with Crippen molar-refractivity contribution in [1.82, 2.24) is 9.88 Å². The van der Waals surface area contributed by atoms with E-state index in [0.29, 0.717) is 25.6 Å². The number of nitrogens with one attached hydrogen (secondary N) is 1. The average Bonchev–Trinajstić information content (AvgIpc) is 2.38. The zero-order valence-corrected chi connectivity index (χ0v) is 10.6. The second-order valence-corrected chi connectivity index (χ2v) is 4.86. The molecule has 1 saturated heterocycles. The fraction of sp³-hybridized carbons (Fsp3) is 0.538. The number of hydrogen-bond acceptors (Lipinski definition) is 3. The maximum Gasteiger partial charge on any atom is 0.260 e. The molecular weight excluding hydrogens is 230 g/mol. The van der Waals surface area contributed by atoms with E-state index in [1.165, 1.54) is 0 Å². The van der Waals surface area contributed by atoms with Crippen molar-refractivity contribution in [2.24, 2.45) is 11.7 Å². The molecule has 1 aromatic heterocycles. The van der Waals surface area contributed by atoms with Crippen LogP contribution in [0.15, 0.2) is 16.9 Å². The number of aromatic amines is 1. The molecule has 0 aromatic carbocycles. The summed E-state index contributed by atoms with van der Waals surface area (Å²) >= 11 is 0. The Labute approximate surface area is 106 Å². The summed E-state index contributed by atoms with van der Waals surface area (Å²) in [7, 11) is 0. The highest BCUT2D eigenvalue weighted by Crippen LogP contribution is 2.17. The molecule has 1 aromatic rings. The molecule has 3 N–H and O–H groups in total. The first-order valence-corrected chi connectivity index (χ1v) is 6.31. The molecule has 0 spiro atoms. The zero-order chi connectivity index (χ0) is 13.1. The molecule has 1 aliphatic rings. The summed E-state index contributed by atoms with van der Waals surface area (Å²) in [6.45, 7) is 3.84. The van der Waals surface area contributed by atoms with Crippen molar-refractivity contribution in [1.29, 1.82) is 0 Å². The molecule has 0 aliphatic carbocycles. The molecule has 1 aliphatic heterocycles. The lowest BCUT2D eigenvalue weighted by Crippen LogP contribution is -2.41. The molecule has 0 atom stereocenters. The van der Waals surface area contributed by atoms with E-state index in [0.717, 1.165) is 18.5 Å². The van der Waals surface area contributed by atoms with Crippen molar-refractivity contribution in [2.45, 2.75) is 19.8 Å². The minimum atomic E-state index is -0.305. The summed E-state index contributed by atoms with van der Waals surface area (Å²) in [4.78, 5) is 28.3. The minimum absolute atomic E-state index is 0.174. The first-order valence-electron chi connectivity index (χ1n) is 6.31. The van der Waals surface area contributed by atoms with Crippen LogP contribution in [0.3, 0.4) is 0 Å². The Hall–Kier alpha value is -1.62. The van der Waals surface area contributed by atoms with Crippen LogP contribution in [-0.4, -0.2) is 35.4 Å². The summed E-state index contributed by atoms with van der Waals surface area (Å²) in [5.74, 6) is 0.331. The molecule has 98 valence electrons. The van der Waals surface area contributed by atoms with Crippen molar-refractivity contribution in [2.75, 3.05) is 19.6 Å². The molecule has 2 rings (SSSR count). The lowest BCUT2D eigenvalue weighted by Gasteiger charge is -2.31. The van der Waals surface area contributed by atoms with Gasteiger partial charge in [0.1, 0.15) is 5.56 Å². The van der Waals surface area contributed by atoms with E-state index in [1.54, 1.807) is 24.0 Å². The van der Waals surface area contributed by atoms with Crippen molar-refractivity contribution >= 4 is 5.91 Å². The number of carbonyl (C=O) groups excluding carboxylic acids is 1. The number of pyridine rings is 1. The molecule has 0 radical (unpaired) electrons. The maximum atomic E-state index is 12.2. The van der Waals surface area contributed by atoms with Crippen LogP contribution in [0.4, 0.5) is 0 Å². The second-order valence-electron chi connectivity index (χ2n) is 4.86. The average molecular weight is 249 g/mol. The summed E-state index contributed by atoms with van der Waals surface area (Å²) in [6, 6.07) is 3.35. The Balaban J connectivity index is 2.10. The van der Waals surface area contributed by atoms with Gasteiger partial charge in [0, 0.05) is 18.8 Å². The van der Waals surface area contributed by atoms with Gasteiger partial charge in [0.05, 0.1) is 0 Å². The van der Waals surface area contributed by atoms with Gasteiger partial charge in [0.15, 0.2) is 0 Å². The standard InChI is InChI=1S/C13H19N3O2/c1-9-2-3-11(12(17)15-9)13(18)16-6-4-10(8-14)5-7-16/h2-3,10H,4-8,14H2,1H3,(H,15,17). The SMILES string of the molecule is Cc1ccc(C(=O)N2CCC(CN)CC2)c(=O)[nH]1. The molecule has 1 amide bonds. The van der Waals surface area contributed by atoms with Crippen LogP contribution in [0.25, 0.3) is 0 Å². The van der Waals surface area contributed by atoms with Gasteiger partial charge in [-0.1, -0.05) is 0 Å². The predicted octanol–water partition coefficient (Wildman–Crippen LogP) is 0.494. The third-order valence-electron chi connectivity index (χ3n) is 3.52. The lowest BCUT2D eigenvalue weighted by atomic mass is 9.97. The number of nitrogens with two attached hydrogens (primary N) is 1. The zero-order valence-electron chi connectivity index (χ0n) is 10.6. The molecule has 0 bridgehead atoms. The van der Waals surface area contributed by atoms with E-state index < -0.39 is 0 Å². The third-order valence-corrected chi connectivity index (χ3v) is 3.52. The number of aromatic nitrogens is 1. The summed E-state index contributed by atoms with van der Waals surface area (Å²) < 4.78 is 0. The Morgan fingerprint density at radius 1 is 1.44 bits per heavy atom. The molecule has 5 nitrogen and oxygen atoms in total. The number of piperidine rings is 1. The third kappa shape index (κ3) is 2.61. The number of likely N-dealkylation sites (tertiary alicyclic amines) is 1. The predicted molar refractivity (Wildman–Crippen MR) is 69.5 cm³/mol. The molecule has 2 heterocycles. The van der Waals surface area contributed by atoms with Crippen molar-refractivity contribution in [3.8, 4) is 0 Å². The largest absolute Gasteiger partial charge is 0.338 e.